The molecule has 2 aliphatic rings. The van der Waals surface area contributed by atoms with Gasteiger partial charge >= 0.3 is 0 Å². The minimum atomic E-state index is -0.869. The number of hydrogen-bond acceptors (Lipinski definition) is 4. The fourth-order valence-electron chi connectivity index (χ4n) is 5.82. The number of hydrogen-bond donors (Lipinski definition) is 1. The smallest absolute Gasteiger partial charge is 0.237 e. The highest BCUT2D eigenvalue weighted by Gasteiger charge is 2.51. The summed E-state index contributed by atoms with van der Waals surface area (Å²) >= 11 is 0. The molecule has 0 spiro atoms. The van der Waals surface area contributed by atoms with Gasteiger partial charge in [0.2, 0.25) is 5.88 Å². The maximum Gasteiger partial charge on any atom is 0.237 e. The zero-order valence-corrected chi connectivity index (χ0v) is 18.4. The first kappa shape index (κ1) is 20.7. The van der Waals surface area contributed by atoms with Crippen molar-refractivity contribution < 1.29 is 9.84 Å². The summed E-state index contributed by atoms with van der Waals surface area (Å²) in [6.45, 7) is 1.82. The maximum absolute atomic E-state index is 11.1. The number of aliphatic hydroxyl groups is 1. The Labute approximate surface area is 189 Å². The summed E-state index contributed by atoms with van der Waals surface area (Å²) in [6, 6.07) is 17.2. The molecule has 0 radical (unpaired) electrons. The zero-order chi connectivity index (χ0) is 22.0. The minimum absolute atomic E-state index is 0.00166. The van der Waals surface area contributed by atoms with Gasteiger partial charge in [-0.2, -0.15) is 0 Å². The molecular weight excluding hydrogens is 396 g/mol. The third kappa shape index (κ3) is 3.89. The van der Waals surface area contributed by atoms with Crippen LogP contribution in [0.4, 0.5) is 0 Å². The average Bonchev–Trinajstić information content (AvgIpc) is 2.81. The largest absolute Gasteiger partial charge is 0.437 e. The summed E-state index contributed by atoms with van der Waals surface area (Å²) in [7, 11) is 0. The number of fused-ring (bicyclic) bond motifs is 3. The van der Waals surface area contributed by atoms with Crippen molar-refractivity contribution >= 4 is 0 Å². The molecule has 5 rings (SSSR count). The van der Waals surface area contributed by atoms with Crippen LogP contribution in [-0.2, 0) is 18.3 Å². The molecule has 0 bridgehead atoms. The molecule has 32 heavy (non-hydrogen) atoms. The van der Waals surface area contributed by atoms with Crippen LogP contribution in [0.15, 0.2) is 67.1 Å². The number of ether oxygens (including phenoxy) is 1. The van der Waals surface area contributed by atoms with Gasteiger partial charge in [0.15, 0.2) is 0 Å². The van der Waals surface area contributed by atoms with Crippen LogP contribution in [0.25, 0.3) is 0 Å². The topological polar surface area (TPSA) is 55.2 Å². The van der Waals surface area contributed by atoms with E-state index in [1.54, 1.807) is 18.6 Å². The van der Waals surface area contributed by atoms with Gasteiger partial charge in [-0.25, -0.2) is 4.98 Å². The molecular formula is C28H28N2O2. The molecule has 162 valence electrons. The third-order valence-corrected chi connectivity index (χ3v) is 7.21. The molecule has 3 aromatic rings. The fourth-order valence-corrected chi connectivity index (χ4v) is 5.82. The third-order valence-electron chi connectivity index (χ3n) is 7.21. The van der Waals surface area contributed by atoms with Crippen LogP contribution in [0.5, 0.6) is 11.6 Å². The Kier molecular flexibility index (Phi) is 5.45. The molecule has 0 aliphatic heterocycles. The summed E-state index contributed by atoms with van der Waals surface area (Å²) in [5, 5.41) is 11.1. The van der Waals surface area contributed by atoms with Crippen molar-refractivity contribution in [1.82, 2.24) is 9.97 Å². The van der Waals surface area contributed by atoms with Crippen LogP contribution in [0.1, 0.15) is 49.3 Å². The van der Waals surface area contributed by atoms with Gasteiger partial charge < -0.3 is 9.84 Å². The standard InChI is InChI=1S/C28H28N2O2/c1-2-12-27(31)13-14-28(18-21-6-4-3-5-7-21)23(19-27)9-8-22-17-24(10-11-25(22)28)32-26-20-29-15-16-30-26/h3-7,10-11,15-17,20,23,31H,8-9,13-14,18-19H2,1H3. The molecule has 4 heteroatoms. The monoisotopic (exact) mass is 424 g/mol. The van der Waals surface area contributed by atoms with Gasteiger partial charge in [-0.05, 0) is 80.2 Å². The molecule has 0 saturated heterocycles. The highest BCUT2D eigenvalue weighted by Crippen LogP contribution is 2.54. The van der Waals surface area contributed by atoms with E-state index < -0.39 is 5.60 Å². The molecule has 1 fully saturated rings. The van der Waals surface area contributed by atoms with Crippen LogP contribution in [0.2, 0.25) is 0 Å². The summed E-state index contributed by atoms with van der Waals surface area (Å²) in [5.74, 6) is 7.75. The van der Waals surface area contributed by atoms with E-state index in [1.165, 1.54) is 16.7 Å². The van der Waals surface area contributed by atoms with Gasteiger partial charge in [0.25, 0.3) is 0 Å². The first-order valence-corrected chi connectivity index (χ1v) is 11.4. The van der Waals surface area contributed by atoms with Crippen molar-refractivity contribution in [3.05, 3.63) is 83.8 Å². The van der Waals surface area contributed by atoms with Crippen molar-refractivity contribution in [3.8, 4) is 23.5 Å². The Hall–Kier alpha value is -3.16. The first-order valence-electron chi connectivity index (χ1n) is 11.4. The molecule has 1 heterocycles. The molecule has 1 N–H and O–H groups in total. The average molecular weight is 425 g/mol. The van der Waals surface area contributed by atoms with Crippen molar-refractivity contribution in [1.29, 1.82) is 0 Å². The van der Waals surface area contributed by atoms with Crippen LogP contribution in [0, 0.1) is 17.8 Å². The van der Waals surface area contributed by atoms with E-state index in [0.717, 1.165) is 37.9 Å². The molecule has 0 amide bonds. The van der Waals surface area contributed by atoms with Crippen LogP contribution >= 0.6 is 0 Å². The predicted octanol–water partition coefficient (Wildman–Crippen LogP) is 5.25. The lowest BCUT2D eigenvalue weighted by molar-refractivity contribution is -0.00804. The highest BCUT2D eigenvalue weighted by atomic mass is 16.5. The summed E-state index contributed by atoms with van der Waals surface area (Å²) in [6.07, 6.45) is 10.3. The van der Waals surface area contributed by atoms with Crippen molar-refractivity contribution in [2.24, 2.45) is 5.92 Å². The van der Waals surface area contributed by atoms with Crippen molar-refractivity contribution in [3.63, 3.8) is 0 Å². The second-order valence-corrected chi connectivity index (χ2v) is 9.13. The SMILES string of the molecule is CC#CC1(O)CCC2(Cc3ccccc3)c3ccc(Oc4cnccn4)cc3CCC2C1. The lowest BCUT2D eigenvalue weighted by Gasteiger charge is -2.52. The fraction of sp³-hybridized carbons (Fsp3) is 0.357. The Balaban J connectivity index is 1.53. The second-order valence-electron chi connectivity index (χ2n) is 9.13. The number of aryl methyl sites for hydroxylation is 1. The van der Waals surface area contributed by atoms with E-state index in [4.69, 9.17) is 4.74 Å². The Morgan fingerprint density at radius 1 is 1.12 bits per heavy atom. The van der Waals surface area contributed by atoms with Crippen LogP contribution in [0.3, 0.4) is 0 Å². The number of benzene rings is 2. The van der Waals surface area contributed by atoms with E-state index in [-0.39, 0.29) is 5.41 Å². The summed E-state index contributed by atoms with van der Waals surface area (Å²) < 4.78 is 5.96. The van der Waals surface area contributed by atoms with Crippen LogP contribution < -0.4 is 4.74 Å². The molecule has 2 aromatic carbocycles. The number of rotatable bonds is 4. The molecule has 1 saturated carbocycles. The predicted molar refractivity (Wildman–Crippen MR) is 124 cm³/mol. The Morgan fingerprint density at radius 2 is 2.00 bits per heavy atom. The number of nitrogens with zero attached hydrogens (tertiary/aromatic N) is 2. The Bertz CT molecular complexity index is 1150. The molecule has 4 nitrogen and oxygen atoms in total. The highest BCUT2D eigenvalue weighted by molar-refractivity contribution is 5.46. The lowest BCUT2D eigenvalue weighted by atomic mass is 9.52. The van der Waals surface area contributed by atoms with Gasteiger partial charge in [0, 0.05) is 17.8 Å². The van der Waals surface area contributed by atoms with E-state index >= 15 is 0 Å². The molecule has 2 aliphatic carbocycles. The van der Waals surface area contributed by atoms with Gasteiger partial charge in [0.1, 0.15) is 11.4 Å². The number of aromatic nitrogens is 2. The molecule has 3 unspecified atom stereocenters. The van der Waals surface area contributed by atoms with Crippen molar-refractivity contribution in [2.45, 2.75) is 56.5 Å². The summed E-state index contributed by atoms with van der Waals surface area (Å²) in [4.78, 5) is 8.32. The van der Waals surface area contributed by atoms with Gasteiger partial charge in [0.05, 0.1) is 6.20 Å². The minimum Gasteiger partial charge on any atom is -0.437 e. The van der Waals surface area contributed by atoms with Gasteiger partial charge in [-0.3, -0.25) is 4.98 Å². The zero-order valence-electron chi connectivity index (χ0n) is 18.4. The molecule has 1 aromatic heterocycles. The van der Waals surface area contributed by atoms with Gasteiger partial charge in [-0.15, -0.1) is 5.92 Å². The lowest BCUT2D eigenvalue weighted by Crippen LogP contribution is -2.50. The van der Waals surface area contributed by atoms with Crippen molar-refractivity contribution in [2.75, 3.05) is 0 Å². The van der Waals surface area contributed by atoms with Crippen LogP contribution in [-0.4, -0.2) is 20.7 Å². The van der Waals surface area contributed by atoms with E-state index in [2.05, 4.69) is 70.3 Å². The van der Waals surface area contributed by atoms with E-state index in [9.17, 15) is 5.11 Å². The maximum atomic E-state index is 11.1. The normalized spacial score (nSPS) is 26.2. The second kappa shape index (κ2) is 8.41. The summed E-state index contributed by atoms with van der Waals surface area (Å²) in [5.41, 5.74) is 3.21. The Morgan fingerprint density at radius 3 is 2.78 bits per heavy atom. The molecule has 3 atom stereocenters. The first-order chi connectivity index (χ1) is 15.6. The quantitative estimate of drug-likeness (QED) is 0.581. The van der Waals surface area contributed by atoms with Gasteiger partial charge in [-0.1, -0.05) is 42.3 Å². The van der Waals surface area contributed by atoms with E-state index in [0.29, 0.717) is 18.2 Å². The van der Waals surface area contributed by atoms with E-state index in [1.807, 2.05) is 6.92 Å².